The standard InChI is InChI=1S/C15H15ClN2O2/c1-2-20-15(19)10-3-6-12(7-4-10)18-14-9-11(16)5-8-13(14)17/h3-9,18H,2,17H2,1H3. The van der Waals surface area contributed by atoms with E-state index in [0.29, 0.717) is 22.9 Å². The molecule has 5 heteroatoms. The number of hydrogen-bond acceptors (Lipinski definition) is 4. The van der Waals surface area contributed by atoms with Gasteiger partial charge in [0.25, 0.3) is 0 Å². The van der Waals surface area contributed by atoms with Crippen molar-refractivity contribution in [2.45, 2.75) is 6.92 Å². The van der Waals surface area contributed by atoms with Gasteiger partial charge in [0.1, 0.15) is 0 Å². The molecular formula is C15H15ClN2O2. The van der Waals surface area contributed by atoms with Gasteiger partial charge in [0.15, 0.2) is 0 Å². The molecule has 0 aliphatic carbocycles. The van der Waals surface area contributed by atoms with Crippen molar-refractivity contribution in [1.82, 2.24) is 0 Å². The number of ether oxygens (including phenoxy) is 1. The van der Waals surface area contributed by atoms with E-state index in [1.807, 2.05) is 0 Å². The summed E-state index contributed by atoms with van der Waals surface area (Å²) in [6.07, 6.45) is 0. The first kappa shape index (κ1) is 14.2. The molecule has 20 heavy (non-hydrogen) atoms. The summed E-state index contributed by atoms with van der Waals surface area (Å²) in [6.45, 7) is 2.13. The minimum absolute atomic E-state index is 0.332. The van der Waals surface area contributed by atoms with Gasteiger partial charge in [-0.25, -0.2) is 4.79 Å². The Morgan fingerprint density at radius 2 is 1.95 bits per heavy atom. The maximum absolute atomic E-state index is 11.5. The molecular weight excluding hydrogens is 276 g/mol. The van der Waals surface area contributed by atoms with Crippen molar-refractivity contribution >= 4 is 34.6 Å². The van der Waals surface area contributed by atoms with Gasteiger partial charge in [-0.3, -0.25) is 0 Å². The smallest absolute Gasteiger partial charge is 0.338 e. The van der Waals surface area contributed by atoms with Crippen molar-refractivity contribution in [3.63, 3.8) is 0 Å². The van der Waals surface area contributed by atoms with E-state index in [4.69, 9.17) is 22.1 Å². The third-order valence-corrected chi connectivity index (χ3v) is 2.93. The monoisotopic (exact) mass is 290 g/mol. The zero-order chi connectivity index (χ0) is 14.5. The molecule has 0 amide bonds. The number of carbonyl (C=O) groups excluding carboxylic acids is 1. The summed E-state index contributed by atoms with van der Waals surface area (Å²) in [6, 6.07) is 12.2. The topological polar surface area (TPSA) is 64.3 Å². The number of hydrogen-bond donors (Lipinski definition) is 2. The summed E-state index contributed by atoms with van der Waals surface area (Å²) >= 11 is 5.93. The van der Waals surface area contributed by atoms with Gasteiger partial charge < -0.3 is 15.8 Å². The number of nitrogens with one attached hydrogen (secondary N) is 1. The summed E-state index contributed by atoms with van der Waals surface area (Å²) in [7, 11) is 0. The van der Waals surface area contributed by atoms with Gasteiger partial charge in [0, 0.05) is 10.7 Å². The van der Waals surface area contributed by atoms with E-state index in [1.165, 1.54) is 0 Å². The fourth-order valence-electron chi connectivity index (χ4n) is 1.70. The highest BCUT2D eigenvalue weighted by Gasteiger charge is 2.06. The van der Waals surface area contributed by atoms with Gasteiger partial charge in [-0.2, -0.15) is 0 Å². The molecule has 4 nitrogen and oxygen atoms in total. The van der Waals surface area contributed by atoms with E-state index in [9.17, 15) is 4.79 Å². The second kappa shape index (κ2) is 6.30. The van der Waals surface area contributed by atoms with Crippen molar-refractivity contribution in [3.8, 4) is 0 Å². The number of rotatable bonds is 4. The molecule has 0 atom stereocenters. The number of carbonyl (C=O) groups is 1. The Labute approximate surface area is 122 Å². The Balaban J connectivity index is 2.14. The normalized spacial score (nSPS) is 10.1. The van der Waals surface area contributed by atoms with Crippen LogP contribution in [0.1, 0.15) is 17.3 Å². The third kappa shape index (κ3) is 3.42. The SMILES string of the molecule is CCOC(=O)c1ccc(Nc2cc(Cl)ccc2N)cc1. The molecule has 0 fully saturated rings. The largest absolute Gasteiger partial charge is 0.462 e. The lowest BCUT2D eigenvalue weighted by molar-refractivity contribution is 0.0526. The van der Waals surface area contributed by atoms with Crippen LogP contribution >= 0.6 is 11.6 Å². The van der Waals surface area contributed by atoms with E-state index in [2.05, 4.69) is 5.32 Å². The highest BCUT2D eigenvalue weighted by Crippen LogP contribution is 2.26. The first-order valence-corrected chi connectivity index (χ1v) is 6.57. The van der Waals surface area contributed by atoms with Gasteiger partial charge in [0.2, 0.25) is 0 Å². The molecule has 0 bridgehead atoms. The van der Waals surface area contributed by atoms with Crippen LogP contribution in [0.2, 0.25) is 5.02 Å². The maximum atomic E-state index is 11.5. The zero-order valence-corrected chi connectivity index (χ0v) is 11.8. The number of esters is 1. The summed E-state index contributed by atoms with van der Waals surface area (Å²) in [5.74, 6) is -0.332. The van der Waals surface area contributed by atoms with Crippen molar-refractivity contribution in [1.29, 1.82) is 0 Å². The van der Waals surface area contributed by atoms with E-state index >= 15 is 0 Å². The Hall–Kier alpha value is -2.20. The molecule has 0 aliphatic heterocycles. The molecule has 0 heterocycles. The average Bonchev–Trinajstić information content (AvgIpc) is 2.44. The predicted octanol–water partition coefficient (Wildman–Crippen LogP) is 3.84. The lowest BCUT2D eigenvalue weighted by Crippen LogP contribution is -2.04. The molecule has 2 aromatic rings. The van der Waals surface area contributed by atoms with Gasteiger partial charge in [0.05, 0.1) is 23.5 Å². The number of halogens is 1. The van der Waals surface area contributed by atoms with Gasteiger partial charge >= 0.3 is 5.97 Å². The lowest BCUT2D eigenvalue weighted by Gasteiger charge is -2.10. The van der Waals surface area contributed by atoms with Crippen LogP contribution in [0.25, 0.3) is 0 Å². The van der Waals surface area contributed by atoms with Crippen molar-refractivity contribution in [2.24, 2.45) is 0 Å². The quantitative estimate of drug-likeness (QED) is 0.663. The molecule has 2 rings (SSSR count). The second-order valence-corrected chi connectivity index (χ2v) is 4.59. The van der Waals surface area contributed by atoms with Gasteiger partial charge in [-0.15, -0.1) is 0 Å². The Morgan fingerprint density at radius 3 is 2.60 bits per heavy atom. The highest BCUT2D eigenvalue weighted by molar-refractivity contribution is 6.31. The molecule has 2 aromatic carbocycles. The number of nitrogens with two attached hydrogens (primary N) is 1. The Kier molecular flexibility index (Phi) is 4.48. The summed E-state index contributed by atoms with van der Waals surface area (Å²) in [5.41, 5.74) is 8.51. The van der Waals surface area contributed by atoms with Crippen molar-refractivity contribution in [3.05, 3.63) is 53.1 Å². The Bertz CT molecular complexity index is 612. The molecule has 0 aromatic heterocycles. The summed E-state index contributed by atoms with van der Waals surface area (Å²) < 4.78 is 4.92. The molecule has 0 saturated heterocycles. The fourth-order valence-corrected chi connectivity index (χ4v) is 1.87. The average molecular weight is 291 g/mol. The third-order valence-electron chi connectivity index (χ3n) is 2.69. The molecule has 0 spiro atoms. The number of benzene rings is 2. The van der Waals surface area contributed by atoms with Crippen LogP contribution in [-0.2, 0) is 4.74 Å². The van der Waals surface area contributed by atoms with Crippen LogP contribution in [0.3, 0.4) is 0 Å². The first-order chi connectivity index (χ1) is 9.60. The van der Waals surface area contributed by atoms with E-state index in [-0.39, 0.29) is 5.97 Å². The second-order valence-electron chi connectivity index (χ2n) is 4.15. The van der Waals surface area contributed by atoms with Crippen molar-refractivity contribution in [2.75, 3.05) is 17.7 Å². The minimum atomic E-state index is -0.332. The summed E-state index contributed by atoms with van der Waals surface area (Å²) in [4.78, 5) is 11.5. The molecule has 104 valence electrons. The maximum Gasteiger partial charge on any atom is 0.338 e. The highest BCUT2D eigenvalue weighted by atomic mass is 35.5. The first-order valence-electron chi connectivity index (χ1n) is 6.19. The van der Waals surface area contributed by atoms with Crippen LogP contribution in [-0.4, -0.2) is 12.6 Å². The Morgan fingerprint density at radius 1 is 1.25 bits per heavy atom. The molecule has 0 aliphatic rings. The molecule has 0 unspecified atom stereocenters. The summed E-state index contributed by atoms with van der Waals surface area (Å²) in [5, 5.41) is 3.75. The fraction of sp³-hybridized carbons (Fsp3) is 0.133. The van der Waals surface area contributed by atoms with E-state index in [0.717, 1.165) is 11.4 Å². The minimum Gasteiger partial charge on any atom is -0.462 e. The van der Waals surface area contributed by atoms with E-state index in [1.54, 1.807) is 49.4 Å². The number of anilines is 3. The molecule has 0 radical (unpaired) electrons. The molecule has 0 saturated carbocycles. The number of nitrogen functional groups attached to an aromatic ring is 1. The predicted molar refractivity (Wildman–Crippen MR) is 81.5 cm³/mol. The lowest BCUT2D eigenvalue weighted by atomic mass is 10.2. The zero-order valence-electron chi connectivity index (χ0n) is 11.0. The van der Waals surface area contributed by atoms with Gasteiger partial charge in [-0.1, -0.05) is 11.6 Å². The van der Waals surface area contributed by atoms with Crippen LogP contribution in [0.15, 0.2) is 42.5 Å². The van der Waals surface area contributed by atoms with E-state index < -0.39 is 0 Å². The van der Waals surface area contributed by atoms with Crippen molar-refractivity contribution < 1.29 is 9.53 Å². The van der Waals surface area contributed by atoms with Crippen LogP contribution in [0, 0.1) is 0 Å². The molecule has 3 N–H and O–H groups in total. The van der Waals surface area contributed by atoms with Crippen LogP contribution in [0.5, 0.6) is 0 Å². The van der Waals surface area contributed by atoms with Crippen LogP contribution < -0.4 is 11.1 Å². The van der Waals surface area contributed by atoms with Crippen LogP contribution in [0.4, 0.5) is 17.1 Å². The van der Waals surface area contributed by atoms with Gasteiger partial charge in [-0.05, 0) is 49.4 Å².